The van der Waals surface area contributed by atoms with Gasteiger partial charge in [-0.05, 0) is 36.8 Å². The number of nitrogens with zero attached hydrogens (tertiary/aromatic N) is 3. The summed E-state index contributed by atoms with van der Waals surface area (Å²) < 4.78 is 27.0. The Bertz CT molecular complexity index is 1020. The Morgan fingerprint density at radius 2 is 1.63 bits per heavy atom. The Hall–Kier alpha value is -3.04. The van der Waals surface area contributed by atoms with Gasteiger partial charge in [0, 0.05) is 56.2 Å². The molecule has 2 aromatic rings. The van der Waals surface area contributed by atoms with Crippen molar-refractivity contribution in [2.75, 3.05) is 32.7 Å². The maximum Gasteiger partial charge on any atom is 0.254 e. The normalized spacial score (nSPS) is 14.8. The van der Waals surface area contributed by atoms with Crippen LogP contribution < -0.4 is 4.72 Å². The second-order valence-corrected chi connectivity index (χ2v) is 8.61. The highest BCUT2D eigenvalue weighted by Crippen LogP contribution is 2.15. The molecule has 0 atom stereocenters. The average molecular weight is 429 g/mol. The van der Waals surface area contributed by atoms with Crippen molar-refractivity contribution in [3.05, 3.63) is 72.6 Å². The van der Waals surface area contributed by atoms with Crippen LogP contribution in [-0.4, -0.2) is 67.7 Å². The monoisotopic (exact) mass is 428 g/mol. The molecule has 158 valence electrons. The number of aromatic nitrogens is 1. The van der Waals surface area contributed by atoms with E-state index < -0.39 is 10.0 Å². The number of carbonyl (C=O) groups is 2. The van der Waals surface area contributed by atoms with Gasteiger partial charge in [0.15, 0.2) is 0 Å². The van der Waals surface area contributed by atoms with E-state index >= 15 is 0 Å². The number of benzene rings is 1. The third kappa shape index (κ3) is 5.11. The first-order chi connectivity index (χ1) is 14.4. The maximum absolute atomic E-state index is 13.0. The molecule has 1 aliphatic rings. The number of amides is 2. The zero-order valence-electron chi connectivity index (χ0n) is 16.5. The lowest BCUT2D eigenvalue weighted by Gasteiger charge is -2.22. The van der Waals surface area contributed by atoms with Crippen LogP contribution in [0.5, 0.6) is 0 Å². The minimum Gasteiger partial charge on any atom is -0.337 e. The van der Waals surface area contributed by atoms with Crippen molar-refractivity contribution in [3.63, 3.8) is 0 Å². The van der Waals surface area contributed by atoms with Gasteiger partial charge in [0.25, 0.3) is 11.8 Å². The lowest BCUT2D eigenvalue weighted by Crippen LogP contribution is -2.37. The molecule has 2 amide bonds. The summed E-state index contributed by atoms with van der Waals surface area (Å²) in [5.41, 5.74) is 0.861. The van der Waals surface area contributed by atoms with Crippen LogP contribution in [0.15, 0.2) is 66.3 Å². The number of nitrogens with one attached hydrogen (secondary N) is 1. The number of hydrogen-bond donors (Lipinski definition) is 1. The number of sulfonamides is 1. The van der Waals surface area contributed by atoms with Gasteiger partial charge in [-0.2, -0.15) is 0 Å². The van der Waals surface area contributed by atoms with Crippen LogP contribution >= 0.6 is 0 Å². The fourth-order valence-electron chi connectivity index (χ4n) is 3.23. The van der Waals surface area contributed by atoms with Crippen LogP contribution in [0, 0.1) is 0 Å². The highest BCUT2D eigenvalue weighted by Gasteiger charge is 2.24. The molecule has 0 spiro atoms. The topological polar surface area (TPSA) is 99.7 Å². The van der Waals surface area contributed by atoms with Crippen molar-refractivity contribution in [1.82, 2.24) is 19.5 Å². The molecule has 30 heavy (non-hydrogen) atoms. The molecule has 0 bridgehead atoms. The summed E-state index contributed by atoms with van der Waals surface area (Å²) in [7, 11) is -3.72. The smallest absolute Gasteiger partial charge is 0.254 e. The van der Waals surface area contributed by atoms with Crippen molar-refractivity contribution >= 4 is 21.8 Å². The summed E-state index contributed by atoms with van der Waals surface area (Å²) in [6, 6.07) is 9.30. The van der Waals surface area contributed by atoms with Crippen LogP contribution in [0.25, 0.3) is 0 Å². The summed E-state index contributed by atoms with van der Waals surface area (Å²) in [5, 5.41) is 0. The molecule has 1 saturated heterocycles. The Labute approximate surface area is 176 Å². The van der Waals surface area contributed by atoms with Gasteiger partial charge in [-0.1, -0.05) is 12.1 Å². The van der Waals surface area contributed by atoms with E-state index in [2.05, 4.69) is 16.3 Å². The molecular weight excluding hydrogens is 404 g/mol. The zero-order valence-corrected chi connectivity index (χ0v) is 17.3. The fraction of sp³-hybridized carbons (Fsp3) is 0.286. The van der Waals surface area contributed by atoms with Crippen molar-refractivity contribution < 1.29 is 18.0 Å². The lowest BCUT2D eigenvalue weighted by molar-refractivity contribution is 0.0718. The largest absolute Gasteiger partial charge is 0.337 e. The predicted octanol–water partition coefficient (Wildman–Crippen LogP) is 1.53. The summed E-state index contributed by atoms with van der Waals surface area (Å²) in [5.74, 6) is -0.345. The van der Waals surface area contributed by atoms with Gasteiger partial charge in [0.1, 0.15) is 0 Å². The van der Waals surface area contributed by atoms with E-state index in [1.807, 2.05) is 0 Å². The average Bonchev–Trinajstić information content (AvgIpc) is 3.04. The first-order valence-corrected chi connectivity index (χ1v) is 11.1. The first kappa shape index (κ1) is 21.7. The molecule has 1 N–H and O–H groups in total. The molecule has 3 rings (SSSR count). The van der Waals surface area contributed by atoms with Gasteiger partial charge in [0.05, 0.1) is 4.90 Å². The standard InChI is InChI=1S/C21H24N4O4S/c1-2-9-23-30(28,29)19-6-3-5-18(16-19)21(27)25-13-4-12-24(14-15-25)20(26)17-7-10-22-11-8-17/h2-3,5-8,10-11,16,23H,1,4,9,12-15H2. The molecule has 0 aliphatic carbocycles. The van der Waals surface area contributed by atoms with E-state index in [0.29, 0.717) is 43.7 Å². The molecule has 0 unspecified atom stereocenters. The number of pyridine rings is 1. The van der Waals surface area contributed by atoms with Gasteiger partial charge in [0.2, 0.25) is 10.0 Å². The summed E-state index contributed by atoms with van der Waals surface area (Å²) in [4.78, 5) is 33.0. The van der Waals surface area contributed by atoms with Crippen LogP contribution in [0.1, 0.15) is 27.1 Å². The van der Waals surface area contributed by atoms with E-state index in [4.69, 9.17) is 0 Å². The summed E-state index contributed by atoms with van der Waals surface area (Å²) in [6.45, 7) is 5.42. The maximum atomic E-state index is 13.0. The van der Waals surface area contributed by atoms with Gasteiger partial charge < -0.3 is 9.80 Å². The van der Waals surface area contributed by atoms with Crippen molar-refractivity contribution in [3.8, 4) is 0 Å². The first-order valence-electron chi connectivity index (χ1n) is 9.61. The second kappa shape index (κ2) is 9.64. The second-order valence-electron chi connectivity index (χ2n) is 6.84. The van der Waals surface area contributed by atoms with Gasteiger partial charge in [-0.15, -0.1) is 6.58 Å². The molecule has 9 heteroatoms. The Morgan fingerprint density at radius 3 is 2.27 bits per heavy atom. The highest BCUT2D eigenvalue weighted by molar-refractivity contribution is 7.89. The Kier molecular flexibility index (Phi) is 6.96. The van der Waals surface area contributed by atoms with Crippen LogP contribution in [-0.2, 0) is 10.0 Å². The molecule has 8 nitrogen and oxygen atoms in total. The molecule has 1 aromatic carbocycles. The van der Waals surface area contributed by atoms with E-state index in [0.717, 1.165) is 0 Å². The van der Waals surface area contributed by atoms with Gasteiger partial charge in [-0.3, -0.25) is 14.6 Å². The third-order valence-electron chi connectivity index (χ3n) is 4.81. The van der Waals surface area contributed by atoms with E-state index in [1.54, 1.807) is 46.5 Å². The molecule has 1 aromatic heterocycles. The number of carbonyl (C=O) groups excluding carboxylic acids is 2. The van der Waals surface area contributed by atoms with Crippen molar-refractivity contribution in [1.29, 1.82) is 0 Å². The van der Waals surface area contributed by atoms with Crippen molar-refractivity contribution in [2.45, 2.75) is 11.3 Å². The minimum absolute atomic E-state index is 0.0273. The number of rotatable bonds is 6. The van der Waals surface area contributed by atoms with Crippen LogP contribution in [0.2, 0.25) is 0 Å². The molecule has 0 radical (unpaired) electrons. The third-order valence-corrected chi connectivity index (χ3v) is 6.23. The van der Waals surface area contributed by atoms with Gasteiger partial charge in [-0.25, -0.2) is 13.1 Å². The Morgan fingerprint density at radius 1 is 1.00 bits per heavy atom. The van der Waals surface area contributed by atoms with Crippen molar-refractivity contribution in [2.24, 2.45) is 0 Å². The fourth-order valence-corrected chi connectivity index (χ4v) is 4.28. The van der Waals surface area contributed by atoms with E-state index in [9.17, 15) is 18.0 Å². The van der Waals surface area contributed by atoms with Crippen LogP contribution in [0.3, 0.4) is 0 Å². The van der Waals surface area contributed by atoms with E-state index in [1.165, 1.54) is 18.2 Å². The molecular formula is C21H24N4O4S. The van der Waals surface area contributed by atoms with E-state index in [-0.39, 0.29) is 23.3 Å². The molecule has 2 heterocycles. The van der Waals surface area contributed by atoms with Crippen LogP contribution in [0.4, 0.5) is 0 Å². The molecule has 1 fully saturated rings. The van der Waals surface area contributed by atoms with Gasteiger partial charge >= 0.3 is 0 Å². The highest BCUT2D eigenvalue weighted by atomic mass is 32.2. The molecule has 0 saturated carbocycles. The summed E-state index contributed by atoms with van der Waals surface area (Å²) >= 11 is 0. The lowest BCUT2D eigenvalue weighted by atomic mass is 10.2. The molecule has 1 aliphatic heterocycles. The Balaban J connectivity index is 1.70. The quantitative estimate of drug-likeness (QED) is 0.704. The summed E-state index contributed by atoms with van der Waals surface area (Å²) in [6.07, 6.45) is 5.24. The minimum atomic E-state index is -3.72. The predicted molar refractivity (Wildman–Crippen MR) is 112 cm³/mol. The number of hydrogen-bond acceptors (Lipinski definition) is 5. The SMILES string of the molecule is C=CCNS(=O)(=O)c1cccc(C(=O)N2CCCN(C(=O)c3ccncc3)CC2)c1. The zero-order chi connectivity index (χ0) is 21.6.